The summed E-state index contributed by atoms with van der Waals surface area (Å²) in [6.45, 7) is 0.997. The van der Waals surface area contributed by atoms with Gasteiger partial charge in [0.15, 0.2) is 0 Å². The molecule has 1 aliphatic rings. The van der Waals surface area contributed by atoms with Gasteiger partial charge in [-0.3, -0.25) is 19.1 Å². The smallest absolute Gasteiger partial charge is 0.253 e. The molecule has 1 N–H and O–H groups in total. The van der Waals surface area contributed by atoms with Crippen molar-refractivity contribution in [2.75, 3.05) is 30.5 Å². The fourth-order valence-corrected chi connectivity index (χ4v) is 3.98. The first-order valence-electron chi connectivity index (χ1n) is 9.52. The third kappa shape index (κ3) is 3.88. The number of anilines is 2. The van der Waals surface area contributed by atoms with Crippen molar-refractivity contribution in [2.24, 2.45) is 0 Å². The van der Waals surface area contributed by atoms with Crippen LogP contribution in [0.3, 0.4) is 0 Å². The van der Waals surface area contributed by atoms with Gasteiger partial charge in [0.2, 0.25) is 11.9 Å². The van der Waals surface area contributed by atoms with E-state index >= 15 is 0 Å². The van der Waals surface area contributed by atoms with Crippen LogP contribution in [0.2, 0.25) is 10.0 Å². The first kappa shape index (κ1) is 20.7. The number of carbonyl (C=O) groups is 2. The number of benzene rings is 2. The summed E-state index contributed by atoms with van der Waals surface area (Å²) in [5.74, 6) is 0.0579. The number of aromatic nitrogens is 2. The van der Waals surface area contributed by atoms with Crippen LogP contribution < -0.4 is 10.2 Å². The first-order valence-corrected chi connectivity index (χ1v) is 10.3. The zero-order valence-electron chi connectivity index (χ0n) is 16.3. The summed E-state index contributed by atoms with van der Waals surface area (Å²) in [7, 11) is 1.62. The van der Waals surface area contributed by atoms with Gasteiger partial charge in [0.05, 0.1) is 28.2 Å². The van der Waals surface area contributed by atoms with Crippen molar-refractivity contribution >= 4 is 57.7 Å². The molecule has 0 spiro atoms. The second-order valence-corrected chi connectivity index (χ2v) is 7.84. The molecule has 2 amide bonds. The maximum absolute atomic E-state index is 13.2. The summed E-state index contributed by atoms with van der Waals surface area (Å²) in [6.07, 6.45) is 0.623. The monoisotopic (exact) mass is 446 g/mol. The predicted molar refractivity (Wildman–Crippen MR) is 117 cm³/mol. The summed E-state index contributed by atoms with van der Waals surface area (Å²) in [6, 6.07) is 11.7. The average molecular weight is 447 g/mol. The Labute approximate surface area is 183 Å². The largest absolute Gasteiger partial charge is 0.385 e. The number of ether oxygens (including phenoxy) is 1. The normalized spacial score (nSPS) is 15.6. The highest BCUT2D eigenvalue weighted by atomic mass is 35.5. The van der Waals surface area contributed by atoms with E-state index in [-0.39, 0.29) is 18.2 Å². The highest BCUT2D eigenvalue weighted by Gasteiger charge is 2.40. The number of hydrogen-bond acceptors (Lipinski definition) is 4. The summed E-state index contributed by atoms with van der Waals surface area (Å²) >= 11 is 12.1. The average Bonchev–Trinajstić information content (AvgIpc) is 3.21. The van der Waals surface area contributed by atoms with Gasteiger partial charge in [0, 0.05) is 25.3 Å². The van der Waals surface area contributed by atoms with Crippen molar-refractivity contribution in [1.29, 1.82) is 0 Å². The van der Waals surface area contributed by atoms with Crippen molar-refractivity contribution in [3.05, 3.63) is 52.5 Å². The van der Waals surface area contributed by atoms with Crippen LogP contribution in [0.25, 0.3) is 11.0 Å². The Morgan fingerprint density at radius 3 is 2.83 bits per heavy atom. The van der Waals surface area contributed by atoms with Gasteiger partial charge in [-0.05, 0) is 36.8 Å². The third-order valence-electron chi connectivity index (χ3n) is 4.99. The van der Waals surface area contributed by atoms with Gasteiger partial charge < -0.3 is 10.1 Å². The Kier molecular flexibility index (Phi) is 5.94. The minimum absolute atomic E-state index is 0.0458. The highest BCUT2D eigenvalue weighted by molar-refractivity contribution is 6.35. The number of carbonyl (C=O) groups excluding carboxylic acids is 2. The number of nitrogens with zero attached hydrogens (tertiary/aromatic N) is 3. The van der Waals surface area contributed by atoms with Crippen LogP contribution in [-0.4, -0.2) is 41.6 Å². The molecule has 156 valence electrons. The molecule has 1 aromatic heterocycles. The quantitative estimate of drug-likeness (QED) is 0.548. The standard InChI is InChI=1S/C21H20Cl2N4O3/c1-30-10-4-9-26-20(29)18(27-17-6-3-2-5-15(17)25-21(26)27)12-19(28)24-16-11-13(22)7-8-14(16)23/h2-3,5-8,11,18H,4,9-10,12H2,1H3,(H,24,28)/t18-/m1/s1. The van der Waals surface area contributed by atoms with E-state index in [0.717, 1.165) is 11.0 Å². The molecular formula is C21H20Cl2N4O3. The number of methoxy groups -OCH3 is 1. The molecule has 0 fully saturated rings. The lowest BCUT2D eigenvalue weighted by Gasteiger charge is -2.16. The van der Waals surface area contributed by atoms with Crippen molar-refractivity contribution in [1.82, 2.24) is 9.55 Å². The van der Waals surface area contributed by atoms with E-state index in [4.69, 9.17) is 27.9 Å². The third-order valence-corrected chi connectivity index (χ3v) is 5.56. The summed E-state index contributed by atoms with van der Waals surface area (Å²) < 4.78 is 6.95. The number of para-hydroxylation sites is 2. The molecule has 0 saturated carbocycles. The number of rotatable bonds is 7. The predicted octanol–water partition coefficient (Wildman–Crippen LogP) is 4.30. The van der Waals surface area contributed by atoms with E-state index in [0.29, 0.717) is 41.3 Å². The topological polar surface area (TPSA) is 76.5 Å². The van der Waals surface area contributed by atoms with Crippen molar-refractivity contribution < 1.29 is 14.3 Å². The molecule has 0 saturated heterocycles. The molecule has 0 aliphatic carbocycles. The Balaban J connectivity index is 1.62. The van der Waals surface area contributed by atoms with Crippen molar-refractivity contribution in [3.63, 3.8) is 0 Å². The van der Waals surface area contributed by atoms with Crippen LogP contribution in [-0.2, 0) is 14.3 Å². The minimum atomic E-state index is -0.687. The number of nitrogens with one attached hydrogen (secondary N) is 1. The Bertz CT molecular complexity index is 1110. The van der Waals surface area contributed by atoms with Crippen LogP contribution in [0, 0.1) is 0 Å². The first-order chi connectivity index (χ1) is 14.5. The summed E-state index contributed by atoms with van der Waals surface area (Å²) in [5.41, 5.74) is 2.00. The number of fused-ring (bicyclic) bond motifs is 3. The minimum Gasteiger partial charge on any atom is -0.385 e. The van der Waals surface area contributed by atoms with Gasteiger partial charge in [0.25, 0.3) is 5.91 Å². The van der Waals surface area contributed by atoms with E-state index < -0.39 is 6.04 Å². The van der Waals surface area contributed by atoms with Gasteiger partial charge >= 0.3 is 0 Å². The van der Waals surface area contributed by atoms with Crippen LogP contribution in [0.1, 0.15) is 18.9 Å². The van der Waals surface area contributed by atoms with E-state index in [1.807, 2.05) is 28.8 Å². The number of amides is 2. The molecule has 1 aliphatic heterocycles. The number of hydrogen-bond donors (Lipinski definition) is 1. The molecule has 2 heterocycles. The molecule has 0 bridgehead atoms. The fraction of sp³-hybridized carbons (Fsp3) is 0.286. The Hall–Kier alpha value is -2.61. The lowest BCUT2D eigenvalue weighted by Crippen LogP contribution is -2.32. The Morgan fingerprint density at radius 2 is 2.03 bits per heavy atom. The summed E-state index contributed by atoms with van der Waals surface area (Å²) in [5, 5.41) is 3.59. The second kappa shape index (κ2) is 8.63. The van der Waals surface area contributed by atoms with Crippen molar-refractivity contribution in [2.45, 2.75) is 18.9 Å². The van der Waals surface area contributed by atoms with E-state index in [9.17, 15) is 9.59 Å². The molecule has 7 nitrogen and oxygen atoms in total. The number of imidazole rings is 1. The van der Waals surface area contributed by atoms with Crippen molar-refractivity contribution in [3.8, 4) is 0 Å². The molecule has 0 unspecified atom stereocenters. The lowest BCUT2D eigenvalue weighted by molar-refractivity contribution is -0.124. The van der Waals surface area contributed by atoms with Gasteiger partial charge in [-0.2, -0.15) is 0 Å². The zero-order chi connectivity index (χ0) is 21.3. The molecule has 4 rings (SSSR count). The molecule has 9 heteroatoms. The lowest BCUT2D eigenvalue weighted by atomic mass is 10.1. The molecule has 2 aromatic carbocycles. The van der Waals surface area contributed by atoms with Crippen LogP contribution in [0.4, 0.5) is 11.6 Å². The second-order valence-electron chi connectivity index (χ2n) is 7.00. The maximum Gasteiger partial charge on any atom is 0.253 e. The Morgan fingerprint density at radius 1 is 1.23 bits per heavy atom. The van der Waals surface area contributed by atoms with E-state index in [1.54, 1.807) is 30.2 Å². The molecular weight excluding hydrogens is 427 g/mol. The SMILES string of the molecule is COCCCN1C(=O)[C@@H](CC(=O)Nc2cc(Cl)ccc2Cl)n2c1nc1ccccc12. The van der Waals surface area contributed by atoms with Gasteiger partial charge in [-0.1, -0.05) is 35.3 Å². The zero-order valence-corrected chi connectivity index (χ0v) is 17.8. The maximum atomic E-state index is 13.2. The molecule has 3 aromatic rings. The van der Waals surface area contributed by atoms with Gasteiger partial charge in [-0.25, -0.2) is 4.98 Å². The molecule has 0 radical (unpaired) electrons. The van der Waals surface area contributed by atoms with Crippen LogP contribution in [0.5, 0.6) is 0 Å². The van der Waals surface area contributed by atoms with E-state index in [2.05, 4.69) is 10.3 Å². The van der Waals surface area contributed by atoms with Crippen LogP contribution >= 0.6 is 23.2 Å². The fourth-order valence-electron chi connectivity index (χ4n) is 3.64. The van der Waals surface area contributed by atoms with E-state index in [1.165, 1.54) is 0 Å². The number of halogens is 2. The molecule has 30 heavy (non-hydrogen) atoms. The molecule has 1 atom stereocenters. The van der Waals surface area contributed by atoms with Crippen LogP contribution in [0.15, 0.2) is 42.5 Å². The van der Waals surface area contributed by atoms with Gasteiger partial charge in [0.1, 0.15) is 6.04 Å². The summed E-state index contributed by atoms with van der Waals surface area (Å²) in [4.78, 5) is 32.2. The van der Waals surface area contributed by atoms with Gasteiger partial charge in [-0.15, -0.1) is 0 Å². The highest BCUT2D eigenvalue weighted by Crippen LogP contribution is 2.37.